The number of amides is 3. The van der Waals surface area contributed by atoms with Crippen LogP contribution >= 0.6 is 23.4 Å². The van der Waals surface area contributed by atoms with Crippen LogP contribution < -0.4 is 5.73 Å². The molecule has 0 aromatic carbocycles. The van der Waals surface area contributed by atoms with Crippen molar-refractivity contribution in [2.45, 2.75) is 25.8 Å². The number of rotatable bonds is 6. The van der Waals surface area contributed by atoms with Gasteiger partial charge in [0.15, 0.2) is 0 Å². The third kappa shape index (κ3) is 4.54. The van der Waals surface area contributed by atoms with E-state index in [1.165, 1.54) is 0 Å². The van der Waals surface area contributed by atoms with Gasteiger partial charge in [-0.3, -0.25) is 4.79 Å². The molecule has 0 unspecified atom stereocenters. The van der Waals surface area contributed by atoms with E-state index in [2.05, 4.69) is 4.98 Å². The summed E-state index contributed by atoms with van der Waals surface area (Å²) < 4.78 is 0. The van der Waals surface area contributed by atoms with Gasteiger partial charge in [0, 0.05) is 25.3 Å². The molecule has 3 amide bonds. The summed E-state index contributed by atoms with van der Waals surface area (Å²) in [7, 11) is 0. The lowest BCUT2D eigenvalue weighted by atomic mass is 10.2. The van der Waals surface area contributed by atoms with E-state index in [1.54, 1.807) is 33.7 Å². The van der Waals surface area contributed by atoms with Crippen LogP contribution in [0.3, 0.4) is 0 Å². The van der Waals surface area contributed by atoms with E-state index in [0.717, 1.165) is 24.3 Å². The fourth-order valence-corrected chi connectivity index (χ4v) is 3.58. The van der Waals surface area contributed by atoms with E-state index < -0.39 is 6.03 Å². The van der Waals surface area contributed by atoms with Crippen molar-refractivity contribution in [2.75, 3.05) is 31.6 Å². The van der Waals surface area contributed by atoms with Crippen molar-refractivity contribution in [3.63, 3.8) is 0 Å². The molecule has 1 aliphatic rings. The number of hydrogen-bond acceptors (Lipinski definition) is 4. The smallest absolute Gasteiger partial charge is 0.315 e. The van der Waals surface area contributed by atoms with E-state index in [-0.39, 0.29) is 17.1 Å². The number of likely N-dealkylation sites (tertiary alicyclic amines) is 1. The third-order valence-corrected chi connectivity index (χ3v) is 5.13. The molecular formula is C16H23ClN4O2S. The van der Waals surface area contributed by atoms with Crippen molar-refractivity contribution in [1.82, 2.24) is 14.8 Å². The van der Waals surface area contributed by atoms with Gasteiger partial charge in [0.1, 0.15) is 5.15 Å². The average Bonchev–Trinajstić information content (AvgIpc) is 3.00. The number of pyridine rings is 1. The maximum atomic E-state index is 12.6. The van der Waals surface area contributed by atoms with Gasteiger partial charge in [0.2, 0.25) is 0 Å². The maximum absolute atomic E-state index is 12.6. The molecule has 1 aromatic rings. The molecule has 0 aliphatic carbocycles. The molecule has 2 rings (SSSR count). The molecule has 2 heterocycles. The van der Waals surface area contributed by atoms with Gasteiger partial charge in [-0.1, -0.05) is 11.6 Å². The first kappa shape index (κ1) is 18.9. The SMILES string of the molecule is CSCCCN(C(N)=O)[C@@H]1CCN(C(=O)c2ccc(C)nc2Cl)C1. The van der Waals surface area contributed by atoms with E-state index in [1.807, 2.05) is 13.2 Å². The molecule has 24 heavy (non-hydrogen) atoms. The van der Waals surface area contributed by atoms with Crippen molar-refractivity contribution in [2.24, 2.45) is 5.73 Å². The summed E-state index contributed by atoms with van der Waals surface area (Å²) >= 11 is 7.83. The predicted octanol–water partition coefficient (Wildman–Crippen LogP) is 2.39. The highest BCUT2D eigenvalue weighted by Gasteiger charge is 2.33. The lowest BCUT2D eigenvalue weighted by Crippen LogP contribution is -2.46. The number of thioether (sulfide) groups is 1. The molecule has 0 radical (unpaired) electrons. The number of carbonyl (C=O) groups excluding carboxylic acids is 2. The Balaban J connectivity index is 2.02. The second kappa shape index (κ2) is 8.58. The minimum absolute atomic E-state index is 0.0366. The minimum Gasteiger partial charge on any atom is -0.351 e. The summed E-state index contributed by atoms with van der Waals surface area (Å²) in [5.74, 6) is 0.826. The molecule has 2 N–H and O–H groups in total. The van der Waals surface area contributed by atoms with Gasteiger partial charge in [0.05, 0.1) is 11.6 Å². The number of hydrogen-bond donors (Lipinski definition) is 1. The Bertz CT molecular complexity index is 614. The fourth-order valence-electron chi connectivity index (χ4n) is 2.89. The van der Waals surface area contributed by atoms with E-state index in [4.69, 9.17) is 17.3 Å². The van der Waals surface area contributed by atoms with Gasteiger partial charge >= 0.3 is 6.03 Å². The molecule has 0 spiro atoms. The Morgan fingerprint density at radius 2 is 2.25 bits per heavy atom. The quantitative estimate of drug-likeness (QED) is 0.616. The minimum atomic E-state index is -0.426. The molecule has 1 saturated heterocycles. The molecule has 1 fully saturated rings. The van der Waals surface area contributed by atoms with Crippen LogP contribution in [0.25, 0.3) is 0 Å². The monoisotopic (exact) mass is 370 g/mol. The van der Waals surface area contributed by atoms with Gasteiger partial charge < -0.3 is 15.5 Å². The molecule has 0 bridgehead atoms. The largest absolute Gasteiger partial charge is 0.351 e. The van der Waals surface area contributed by atoms with Crippen molar-refractivity contribution in [3.05, 3.63) is 28.5 Å². The zero-order chi connectivity index (χ0) is 17.7. The predicted molar refractivity (Wildman–Crippen MR) is 97.6 cm³/mol. The summed E-state index contributed by atoms with van der Waals surface area (Å²) in [6.45, 7) is 3.51. The average molecular weight is 371 g/mol. The Labute approximate surface area is 151 Å². The van der Waals surface area contributed by atoms with Gasteiger partial charge in [0.25, 0.3) is 5.91 Å². The van der Waals surface area contributed by atoms with Crippen molar-refractivity contribution < 1.29 is 9.59 Å². The molecule has 1 atom stereocenters. The van der Waals surface area contributed by atoms with Crippen LogP contribution in [-0.4, -0.2) is 64.4 Å². The summed E-state index contributed by atoms with van der Waals surface area (Å²) in [6, 6.07) is 3.01. The van der Waals surface area contributed by atoms with Crippen LogP contribution in [0.5, 0.6) is 0 Å². The Morgan fingerprint density at radius 3 is 2.88 bits per heavy atom. The molecular weight excluding hydrogens is 348 g/mol. The molecule has 1 aliphatic heterocycles. The summed E-state index contributed by atoms with van der Waals surface area (Å²) in [4.78, 5) is 31.9. The van der Waals surface area contributed by atoms with Crippen molar-refractivity contribution in [1.29, 1.82) is 0 Å². The number of nitrogens with two attached hydrogens (primary N) is 1. The number of primary amides is 1. The van der Waals surface area contributed by atoms with Crippen molar-refractivity contribution in [3.8, 4) is 0 Å². The van der Waals surface area contributed by atoms with Gasteiger partial charge in [-0.15, -0.1) is 0 Å². The Morgan fingerprint density at radius 1 is 1.50 bits per heavy atom. The van der Waals surface area contributed by atoms with Crippen LogP contribution in [0.15, 0.2) is 12.1 Å². The molecule has 0 saturated carbocycles. The first-order valence-corrected chi connectivity index (χ1v) is 9.68. The summed E-state index contributed by atoms with van der Waals surface area (Å²) in [5, 5.41) is 0.218. The van der Waals surface area contributed by atoms with E-state index in [9.17, 15) is 9.59 Å². The fraction of sp³-hybridized carbons (Fsp3) is 0.562. The van der Waals surface area contributed by atoms with Crippen LogP contribution in [-0.2, 0) is 0 Å². The number of urea groups is 1. The number of nitrogens with zero attached hydrogens (tertiary/aromatic N) is 3. The molecule has 6 nitrogen and oxygen atoms in total. The topological polar surface area (TPSA) is 79.5 Å². The highest BCUT2D eigenvalue weighted by atomic mass is 35.5. The van der Waals surface area contributed by atoms with Gasteiger partial charge in [-0.05, 0) is 43.9 Å². The first-order chi connectivity index (χ1) is 11.4. The van der Waals surface area contributed by atoms with Gasteiger partial charge in [-0.25, -0.2) is 9.78 Å². The number of aromatic nitrogens is 1. The van der Waals surface area contributed by atoms with E-state index >= 15 is 0 Å². The van der Waals surface area contributed by atoms with Gasteiger partial charge in [-0.2, -0.15) is 11.8 Å². The zero-order valence-electron chi connectivity index (χ0n) is 14.0. The Kier molecular flexibility index (Phi) is 6.74. The standard InChI is InChI=1S/C16H23ClN4O2S/c1-11-4-5-13(14(17)19-11)15(22)20-8-6-12(10-20)21(16(18)23)7-3-9-24-2/h4-5,12H,3,6-10H2,1-2H3,(H2,18,23)/t12-/m1/s1. The lowest BCUT2D eigenvalue weighted by molar-refractivity contribution is 0.0780. The Hall–Kier alpha value is -1.47. The number of halogens is 1. The van der Waals surface area contributed by atoms with Crippen LogP contribution in [0.1, 0.15) is 28.9 Å². The van der Waals surface area contributed by atoms with Crippen LogP contribution in [0, 0.1) is 6.92 Å². The molecule has 132 valence electrons. The first-order valence-electron chi connectivity index (χ1n) is 7.91. The van der Waals surface area contributed by atoms with E-state index in [0.29, 0.717) is 25.2 Å². The summed E-state index contributed by atoms with van der Waals surface area (Å²) in [5.41, 5.74) is 6.68. The second-order valence-corrected chi connectivity index (χ2v) is 7.21. The third-order valence-electron chi connectivity index (χ3n) is 4.14. The number of carbonyl (C=O) groups is 2. The zero-order valence-corrected chi connectivity index (χ0v) is 15.6. The van der Waals surface area contributed by atoms with Crippen LogP contribution in [0.4, 0.5) is 4.79 Å². The highest BCUT2D eigenvalue weighted by molar-refractivity contribution is 7.98. The number of aryl methyl sites for hydroxylation is 1. The molecule has 1 aromatic heterocycles. The second-order valence-electron chi connectivity index (χ2n) is 5.86. The highest BCUT2D eigenvalue weighted by Crippen LogP contribution is 2.22. The van der Waals surface area contributed by atoms with Crippen LogP contribution in [0.2, 0.25) is 5.15 Å². The lowest BCUT2D eigenvalue weighted by Gasteiger charge is -2.27. The maximum Gasteiger partial charge on any atom is 0.315 e. The normalized spacial score (nSPS) is 17.1. The molecule has 8 heteroatoms. The van der Waals surface area contributed by atoms with Crippen molar-refractivity contribution >= 4 is 35.3 Å². The summed E-state index contributed by atoms with van der Waals surface area (Å²) in [6.07, 6.45) is 3.65.